The standard InChI is InChI=1S/C5H6F6N2/c6-4(7,8)3(5(9,10)11)12-1-2-13-3/h12-13H,1-2H2. The summed E-state index contributed by atoms with van der Waals surface area (Å²) in [7, 11) is 0. The molecule has 0 aromatic carbocycles. The van der Waals surface area contributed by atoms with Crippen molar-refractivity contribution in [2.24, 2.45) is 0 Å². The maximum absolute atomic E-state index is 12.1. The Labute approximate surface area is 69.3 Å². The normalized spacial score (nSPS) is 23.5. The van der Waals surface area contributed by atoms with Crippen molar-refractivity contribution in [1.82, 2.24) is 10.6 Å². The van der Waals surface area contributed by atoms with E-state index in [1.807, 2.05) is 0 Å². The molecule has 1 aliphatic rings. The number of nitrogens with one attached hydrogen (secondary N) is 2. The molecule has 0 bridgehead atoms. The third-order valence-electron chi connectivity index (χ3n) is 1.76. The van der Waals surface area contributed by atoms with E-state index < -0.39 is 18.0 Å². The van der Waals surface area contributed by atoms with Crippen molar-refractivity contribution in [3.8, 4) is 0 Å². The summed E-state index contributed by atoms with van der Waals surface area (Å²) in [5, 5.41) is 2.78. The van der Waals surface area contributed by atoms with Crippen LogP contribution in [0.4, 0.5) is 26.3 Å². The largest absolute Gasteiger partial charge is 0.429 e. The summed E-state index contributed by atoms with van der Waals surface area (Å²) in [6.07, 6.45) is -10.8. The fourth-order valence-corrected chi connectivity index (χ4v) is 1.12. The van der Waals surface area contributed by atoms with Gasteiger partial charge in [-0.1, -0.05) is 0 Å². The van der Waals surface area contributed by atoms with E-state index in [0.717, 1.165) is 0 Å². The van der Waals surface area contributed by atoms with Gasteiger partial charge in [0.15, 0.2) is 0 Å². The van der Waals surface area contributed by atoms with Crippen LogP contribution in [-0.4, -0.2) is 31.1 Å². The van der Waals surface area contributed by atoms with Gasteiger partial charge in [-0.3, -0.25) is 10.6 Å². The van der Waals surface area contributed by atoms with Crippen molar-refractivity contribution in [2.45, 2.75) is 18.0 Å². The Hall–Kier alpha value is -0.500. The average molecular weight is 208 g/mol. The average Bonchev–Trinajstić information content (AvgIpc) is 2.28. The highest BCUT2D eigenvalue weighted by Crippen LogP contribution is 2.42. The Morgan fingerprint density at radius 1 is 0.769 bits per heavy atom. The molecule has 0 aromatic rings. The lowest BCUT2D eigenvalue weighted by Crippen LogP contribution is -2.69. The Kier molecular flexibility index (Phi) is 2.23. The van der Waals surface area contributed by atoms with Gasteiger partial charge in [0, 0.05) is 13.1 Å². The molecule has 13 heavy (non-hydrogen) atoms. The fourth-order valence-electron chi connectivity index (χ4n) is 1.12. The second-order valence-electron chi connectivity index (χ2n) is 2.60. The number of hydrogen-bond acceptors (Lipinski definition) is 2. The van der Waals surface area contributed by atoms with Crippen LogP contribution in [0.1, 0.15) is 0 Å². The zero-order chi connectivity index (χ0) is 10.3. The van der Waals surface area contributed by atoms with Crippen LogP contribution in [-0.2, 0) is 0 Å². The van der Waals surface area contributed by atoms with Crippen LogP contribution in [0.5, 0.6) is 0 Å². The molecule has 0 atom stereocenters. The molecule has 1 rings (SSSR count). The minimum atomic E-state index is -5.39. The lowest BCUT2D eigenvalue weighted by molar-refractivity contribution is -0.310. The number of alkyl halides is 6. The molecule has 0 amide bonds. The fraction of sp³-hybridized carbons (Fsp3) is 1.00. The van der Waals surface area contributed by atoms with E-state index >= 15 is 0 Å². The van der Waals surface area contributed by atoms with Gasteiger partial charge in [0.25, 0.3) is 5.66 Å². The van der Waals surface area contributed by atoms with Crippen LogP contribution >= 0.6 is 0 Å². The first kappa shape index (κ1) is 10.6. The zero-order valence-corrected chi connectivity index (χ0v) is 6.18. The summed E-state index contributed by atoms with van der Waals surface area (Å²) in [5.41, 5.74) is -3.93. The van der Waals surface area contributed by atoms with Crippen molar-refractivity contribution in [1.29, 1.82) is 0 Å². The Balaban J connectivity index is 3.02. The lowest BCUT2D eigenvalue weighted by Gasteiger charge is -2.33. The van der Waals surface area contributed by atoms with E-state index in [1.54, 1.807) is 0 Å². The van der Waals surface area contributed by atoms with Crippen LogP contribution in [0, 0.1) is 0 Å². The van der Waals surface area contributed by atoms with E-state index in [0.29, 0.717) is 0 Å². The van der Waals surface area contributed by atoms with Gasteiger partial charge in [0.2, 0.25) is 0 Å². The predicted molar refractivity (Wildman–Crippen MR) is 30.8 cm³/mol. The Bertz CT molecular complexity index is 172. The zero-order valence-electron chi connectivity index (χ0n) is 6.18. The number of rotatable bonds is 0. The molecule has 8 heteroatoms. The highest BCUT2D eigenvalue weighted by Gasteiger charge is 2.72. The van der Waals surface area contributed by atoms with Crippen LogP contribution in [0.25, 0.3) is 0 Å². The summed E-state index contributed by atoms with van der Waals surface area (Å²) >= 11 is 0. The first-order valence-electron chi connectivity index (χ1n) is 3.34. The highest BCUT2D eigenvalue weighted by molar-refractivity contribution is 5.02. The first-order valence-corrected chi connectivity index (χ1v) is 3.34. The van der Waals surface area contributed by atoms with Crippen LogP contribution in [0.15, 0.2) is 0 Å². The summed E-state index contributed by atoms with van der Waals surface area (Å²) < 4.78 is 72.4. The second-order valence-corrected chi connectivity index (χ2v) is 2.60. The summed E-state index contributed by atoms with van der Waals surface area (Å²) in [4.78, 5) is 0. The van der Waals surface area contributed by atoms with Gasteiger partial charge >= 0.3 is 12.4 Å². The van der Waals surface area contributed by atoms with E-state index in [4.69, 9.17) is 0 Å². The number of halogens is 6. The van der Waals surface area contributed by atoms with Gasteiger partial charge in [0.05, 0.1) is 0 Å². The molecule has 1 saturated heterocycles. The SMILES string of the molecule is FC(F)(F)C1(C(F)(F)F)NCCN1. The van der Waals surface area contributed by atoms with Crippen molar-refractivity contribution in [2.75, 3.05) is 13.1 Å². The molecule has 0 aromatic heterocycles. The summed E-state index contributed by atoms with van der Waals surface area (Å²) in [6.45, 7) is -0.724. The lowest BCUT2D eigenvalue weighted by atomic mass is 10.1. The van der Waals surface area contributed by atoms with Gasteiger partial charge in [-0.2, -0.15) is 26.3 Å². The van der Waals surface area contributed by atoms with E-state index in [1.165, 1.54) is 10.6 Å². The molecule has 0 radical (unpaired) electrons. The molecule has 2 nitrogen and oxygen atoms in total. The maximum atomic E-state index is 12.1. The predicted octanol–water partition coefficient (Wildman–Crippen LogP) is 1.00. The molecule has 1 heterocycles. The summed E-state index contributed by atoms with van der Waals surface area (Å²) in [6, 6.07) is 0. The molecule has 2 N–H and O–H groups in total. The van der Waals surface area contributed by atoms with Crippen molar-refractivity contribution in [3.63, 3.8) is 0 Å². The topological polar surface area (TPSA) is 24.1 Å². The molecule has 1 fully saturated rings. The molecular formula is C5H6F6N2. The number of hydrogen-bond donors (Lipinski definition) is 2. The van der Waals surface area contributed by atoms with E-state index in [-0.39, 0.29) is 13.1 Å². The van der Waals surface area contributed by atoms with Gasteiger partial charge in [-0.05, 0) is 0 Å². The smallest absolute Gasteiger partial charge is 0.283 e. The molecule has 78 valence electrons. The molecule has 0 aliphatic carbocycles. The molecule has 1 aliphatic heterocycles. The maximum Gasteiger partial charge on any atom is 0.429 e. The van der Waals surface area contributed by atoms with Gasteiger partial charge < -0.3 is 0 Å². The Morgan fingerprint density at radius 3 is 1.23 bits per heavy atom. The van der Waals surface area contributed by atoms with Gasteiger partial charge in [0.1, 0.15) is 0 Å². The first-order chi connectivity index (χ1) is 5.71. The van der Waals surface area contributed by atoms with Gasteiger partial charge in [-0.15, -0.1) is 0 Å². The third-order valence-corrected chi connectivity index (χ3v) is 1.76. The Morgan fingerprint density at radius 2 is 1.08 bits per heavy atom. The second kappa shape index (κ2) is 2.74. The monoisotopic (exact) mass is 208 g/mol. The summed E-state index contributed by atoms with van der Waals surface area (Å²) in [5.74, 6) is 0. The highest BCUT2D eigenvalue weighted by atomic mass is 19.4. The van der Waals surface area contributed by atoms with Crippen molar-refractivity contribution >= 4 is 0 Å². The van der Waals surface area contributed by atoms with Crippen LogP contribution < -0.4 is 10.6 Å². The van der Waals surface area contributed by atoms with Crippen molar-refractivity contribution < 1.29 is 26.3 Å². The van der Waals surface area contributed by atoms with Gasteiger partial charge in [-0.25, -0.2) is 0 Å². The van der Waals surface area contributed by atoms with Crippen molar-refractivity contribution in [3.05, 3.63) is 0 Å². The minimum Gasteiger partial charge on any atom is -0.283 e. The molecular weight excluding hydrogens is 202 g/mol. The van der Waals surface area contributed by atoms with E-state index in [9.17, 15) is 26.3 Å². The third kappa shape index (κ3) is 1.48. The molecule has 0 saturated carbocycles. The van der Waals surface area contributed by atoms with Crippen LogP contribution in [0.2, 0.25) is 0 Å². The minimum absolute atomic E-state index is 0.362. The van der Waals surface area contributed by atoms with E-state index in [2.05, 4.69) is 0 Å². The van der Waals surface area contributed by atoms with Crippen LogP contribution in [0.3, 0.4) is 0 Å². The quantitative estimate of drug-likeness (QED) is 0.580. The molecule has 0 unspecified atom stereocenters. The molecule has 0 spiro atoms.